The van der Waals surface area contributed by atoms with E-state index in [2.05, 4.69) is 23.9 Å². The molecule has 6 heteroatoms. The maximum Gasteiger partial charge on any atom is 0.129 e. The number of nitrogens with two attached hydrogens (primary N) is 1. The number of fused-ring (bicyclic) bond motifs is 5. The number of aliphatic hydroxyl groups is 1. The summed E-state index contributed by atoms with van der Waals surface area (Å²) in [5.41, 5.74) is 5.34. The van der Waals surface area contributed by atoms with E-state index in [1.165, 1.54) is 25.7 Å². The van der Waals surface area contributed by atoms with E-state index >= 15 is 0 Å². The van der Waals surface area contributed by atoms with Crippen molar-refractivity contribution in [3.63, 3.8) is 0 Å². The second-order valence-corrected chi connectivity index (χ2v) is 12.0. The third-order valence-electron chi connectivity index (χ3n) is 10.3. The first kappa shape index (κ1) is 24.4. The lowest BCUT2D eigenvalue weighted by atomic mass is 9.43. The van der Waals surface area contributed by atoms with Crippen LogP contribution in [0.4, 0.5) is 0 Å². The van der Waals surface area contributed by atoms with Gasteiger partial charge in [0.2, 0.25) is 0 Å². The Morgan fingerprint density at radius 1 is 1.03 bits per heavy atom. The molecule has 0 amide bonds. The second kappa shape index (κ2) is 9.52. The lowest BCUT2D eigenvalue weighted by Gasteiger charge is -2.63. The van der Waals surface area contributed by atoms with Gasteiger partial charge in [0.15, 0.2) is 0 Å². The first-order valence-electron chi connectivity index (χ1n) is 13.1. The number of rotatable bonds is 8. The minimum absolute atomic E-state index is 0.0901. The summed E-state index contributed by atoms with van der Waals surface area (Å²) in [5, 5.41) is 16.6. The number of hydrogen-bond donors (Lipinski definition) is 2. The molecule has 32 heavy (non-hydrogen) atoms. The second-order valence-electron chi connectivity index (χ2n) is 12.0. The van der Waals surface area contributed by atoms with Crippen molar-refractivity contribution in [2.24, 2.45) is 45.4 Å². The molecule has 0 bridgehead atoms. The Morgan fingerprint density at radius 2 is 1.84 bits per heavy atom. The molecule has 184 valence electrons. The van der Waals surface area contributed by atoms with Gasteiger partial charge in [-0.05, 0) is 95.1 Å². The van der Waals surface area contributed by atoms with E-state index in [1.807, 2.05) is 20.3 Å². The number of ether oxygens (including phenoxy) is 1. The van der Waals surface area contributed by atoms with Crippen LogP contribution in [0.2, 0.25) is 0 Å². The molecule has 0 saturated heterocycles. The smallest absolute Gasteiger partial charge is 0.129 e. The van der Waals surface area contributed by atoms with Gasteiger partial charge in [-0.1, -0.05) is 19.0 Å². The van der Waals surface area contributed by atoms with E-state index in [9.17, 15) is 5.11 Å². The van der Waals surface area contributed by atoms with Crippen molar-refractivity contribution in [3.05, 3.63) is 0 Å². The summed E-state index contributed by atoms with van der Waals surface area (Å²) >= 11 is 0. The van der Waals surface area contributed by atoms with Crippen LogP contribution in [0.3, 0.4) is 0 Å². The van der Waals surface area contributed by atoms with Crippen molar-refractivity contribution in [1.82, 2.24) is 4.90 Å². The fourth-order valence-corrected chi connectivity index (χ4v) is 8.24. The lowest BCUT2D eigenvalue weighted by molar-refractivity contribution is -0.207. The van der Waals surface area contributed by atoms with Crippen LogP contribution in [-0.2, 0) is 9.57 Å². The van der Waals surface area contributed by atoms with Crippen LogP contribution >= 0.6 is 0 Å². The summed E-state index contributed by atoms with van der Waals surface area (Å²) in [6.07, 6.45) is 12.6. The Morgan fingerprint density at radius 3 is 2.59 bits per heavy atom. The maximum atomic E-state index is 12.2. The molecule has 0 aromatic heterocycles. The highest BCUT2D eigenvalue weighted by atomic mass is 16.6. The van der Waals surface area contributed by atoms with E-state index in [0.29, 0.717) is 49.0 Å². The van der Waals surface area contributed by atoms with Crippen LogP contribution in [0, 0.1) is 34.5 Å². The third kappa shape index (κ3) is 4.14. The molecule has 0 aromatic carbocycles. The summed E-state index contributed by atoms with van der Waals surface area (Å²) in [5.74, 6) is 2.06. The van der Waals surface area contributed by atoms with Crippen molar-refractivity contribution in [2.45, 2.75) is 83.3 Å². The number of hydrogen-bond acceptors (Lipinski definition) is 6. The SMILES string of the molecule is CN(C)CCON=CC1CC[C@@]2(O)[C@@H]3CCC4CC(OCCN)CC[C@]4(C)[C@@H]3CC[C@]12C. The average Bonchev–Trinajstić information content (AvgIpc) is 3.02. The van der Waals surface area contributed by atoms with Gasteiger partial charge in [0.25, 0.3) is 0 Å². The predicted molar refractivity (Wildman–Crippen MR) is 128 cm³/mol. The highest BCUT2D eigenvalue weighted by Gasteiger charge is 2.67. The molecule has 4 aliphatic rings. The molecule has 0 heterocycles. The molecule has 3 N–H and O–H groups in total. The summed E-state index contributed by atoms with van der Waals surface area (Å²) in [4.78, 5) is 7.62. The van der Waals surface area contributed by atoms with Crippen LogP contribution in [0.1, 0.15) is 71.6 Å². The van der Waals surface area contributed by atoms with Gasteiger partial charge in [-0.15, -0.1) is 0 Å². The van der Waals surface area contributed by atoms with Crippen molar-refractivity contribution in [3.8, 4) is 0 Å². The van der Waals surface area contributed by atoms with Crippen molar-refractivity contribution >= 4 is 6.21 Å². The van der Waals surface area contributed by atoms with Gasteiger partial charge in [0, 0.05) is 30.6 Å². The van der Waals surface area contributed by atoms with Crippen molar-refractivity contribution in [2.75, 3.05) is 40.4 Å². The van der Waals surface area contributed by atoms with Crippen LogP contribution in [0.25, 0.3) is 0 Å². The molecular formula is C26H47N3O3. The largest absolute Gasteiger partial charge is 0.395 e. The summed E-state index contributed by atoms with van der Waals surface area (Å²) in [6.45, 7) is 7.63. The van der Waals surface area contributed by atoms with Crippen LogP contribution < -0.4 is 5.73 Å². The van der Waals surface area contributed by atoms with E-state index in [-0.39, 0.29) is 5.41 Å². The van der Waals surface area contributed by atoms with Gasteiger partial charge >= 0.3 is 0 Å². The minimum Gasteiger partial charge on any atom is -0.395 e. The average molecular weight is 450 g/mol. The van der Waals surface area contributed by atoms with E-state index in [1.54, 1.807) is 0 Å². The molecule has 0 aliphatic heterocycles. The number of likely N-dealkylation sites (N-methyl/N-ethyl adjacent to an activating group) is 1. The van der Waals surface area contributed by atoms with Crippen LogP contribution in [0.5, 0.6) is 0 Å². The molecule has 0 radical (unpaired) electrons. The number of nitrogens with zero attached hydrogens (tertiary/aromatic N) is 2. The molecule has 4 rings (SSSR count). The quantitative estimate of drug-likeness (QED) is 0.336. The van der Waals surface area contributed by atoms with Gasteiger partial charge in [-0.3, -0.25) is 0 Å². The fraction of sp³-hybridized carbons (Fsp3) is 0.962. The first-order chi connectivity index (χ1) is 15.2. The highest BCUT2D eigenvalue weighted by molar-refractivity contribution is 5.63. The van der Waals surface area contributed by atoms with Crippen LogP contribution in [-0.4, -0.2) is 68.3 Å². The van der Waals surface area contributed by atoms with E-state index in [4.69, 9.17) is 15.3 Å². The molecule has 4 fully saturated rings. The van der Waals surface area contributed by atoms with Gasteiger partial charge in [0.05, 0.1) is 18.3 Å². The van der Waals surface area contributed by atoms with Gasteiger partial charge < -0.3 is 25.3 Å². The van der Waals surface area contributed by atoms with Crippen molar-refractivity contribution < 1.29 is 14.7 Å². The molecule has 3 unspecified atom stereocenters. The molecule has 4 saturated carbocycles. The molecule has 6 nitrogen and oxygen atoms in total. The first-order valence-corrected chi connectivity index (χ1v) is 13.1. The molecule has 0 aromatic rings. The Balaban J connectivity index is 1.44. The van der Waals surface area contributed by atoms with E-state index < -0.39 is 5.60 Å². The molecule has 4 aliphatic carbocycles. The zero-order valence-electron chi connectivity index (χ0n) is 20.9. The topological polar surface area (TPSA) is 80.3 Å². The van der Waals surface area contributed by atoms with Gasteiger partial charge in [-0.25, -0.2) is 0 Å². The molecular weight excluding hydrogens is 402 g/mol. The standard InChI is InChI=1S/C26H47N3O3/c1-24-10-8-21(31-15-13-27)17-19(24)5-6-23-22(24)9-11-25(2)20(7-12-26(23,25)30)18-28-32-16-14-29(3)4/h18-23,30H,5-17,27H2,1-4H3/t19?,20?,21?,22-,23-,24+,25-,26-/m1/s1. The Kier molecular flexibility index (Phi) is 7.27. The predicted octanol–water partition coefficient (Wildman–Crippen LogP) is 3.67. The zero-order chi connectivity index (χ0) is 23.0. The Hall–Kier alpha value is -0.690. The van der Waals surface area contributed by atoms with Gasteiger partial charge in [-0.2, -0.15) is 0 Å². The lowest BCUT2D eigenvalue weighted by Crippen LogP contribution is -2.62. The third-order valence-corrected chi connectivity index (χ3v) is 10.3. The van der Waals surface area contributed by atoms with Crippen LogP contribution in [0.15, 0.2) is 5.16 Å². The Bertz CT molecular complexity index is 673. The minimum atomic E-state index is -0.572. The summed E-state index contributed by atoms with van der Waals surface area (Å²) in [7, 11) is 4.08. The van der Waals surface area contributed by atoms with Crippen molar-refractivity contribution in [1.29, 1.82) is 0 Å². The monoisotopic (exact) mass is 449 g/mol. The zero-order valence-corrected chi connectivity index (χ0v) is 20.9. The maximum absolute atomic E-state index is 12.2. The van der Waals surface area contributed by atoms with E-state index in [0.717, 1.165) is 44.6 Å². The van der Waals surface area contributed by atoms with Gasteiger partial charge in [0.1, 0.15) is 6.61 Å². The summed E-state index contributed by atoms with van der Waals surface area (Å²) in [6, 6.07) is 0. The summed E-state index contributed by atoms with van der Waals surface area (Å²) < 4.78 is 6.05. The normalized spacial score (nSPS) is 46.2. The highest BCUT2D eigenvalue weighted by Crippen LogP contribution is 2.68. The fourth-order valence-electron chi connectivity index (χ4n) is 8.24. The Labute approximate surface area is 195 Å². The molecule has 0 spiro atoms. The number of oxime groups is 1. The molecule has 8 atom stereocenters.